The van der Waals surface area contributed by atoms with Crippen molar-refractivity contribution in [2.75, 3.05) is 13.1 Å². The van der Waals surface area contributed by atoms with Crippen LogP contribution in [0.25, 0.3) is 11.0 Å². The van der Waals surface area contributed by atoms with E-state index >= 15 is 0 Å². The lowest BCUT2D eigenvalue weighted by Gasteiger charge is -2.32. The number of aryl methyl sites for hydroxylation is 2. The summed E-state index contributed by atoms with van der Waals surface area (Å²) in [5.74, 6) is -5.46. The van der Waals surface area contributed by atoms with Crippen LogP contribution in [0.2, 0.25) is 0 Å². The summed E-state index contributed by atoms with van der Waals surface area (Å²) < 4.78 is 40.5. The zero-order valence-electron chi connectivity index (χ0n) is 17.6. The van der Waals surface area contributed by atoms with E-state index in [1.807, 2.05) is 13.8 Å². The molecule has 0 saturated carbocycles. The van der Waals surface area contributed by atoms with E-state index in [0.717, 1.165) is 23.5 Å². The van der Waals surface area contributed by atoms with Crippen LogP contribution in [0.4, 0.5) is 13.2 Å². The van der Waals surface area contributed by atoms with E-state index in [4.69, 9.17) is 0 Å². The number of halogens is 3. The van der Waals surface area contributed by atoms with Gasteiger partial charge in [-0.05, 0) is 57.0 Å². The molecule has 1 saturated heterocycles. The number of nitrogens with zero attached hydrogens (tertiary/aromatic N) is 3. The minimum atomic E-state index is -1.66. The van der Waals surface area contributed by atoms with Gasteiger partial charge in [0, 0.05) is 24.7 Å². The summed E-state index contributed by atoms with van der Waals surface area (Å²) in [6.07, 6.45) is 0.906. The van der Waals surface area contributed by atoms with Crippen molar-refractivity contribution >= 4 is 22.8 Å². The van der Waals surface area contributed by atoms with Crippen LogP contribution < -0.4 is 5.32 Å². The van der Waals surface area contributed by atoms with E-state index in [-0.39, 0.29) is 25.0 Å². The van der Waals surface area contributed by atoms with Gasteiger partial charge in [0.05, 0.1) is 28.0 Å². The number of carbonyl (C=O) groups is 2. The van der Waals surface area contributed by atoms with E-state index < -0.39 is 28.9 Å². The van der Waals surface area contributed by atoms with Crippen molar-refractivity contribution in [3.05, 3.63) is 70.3 Å². The van der Waals surface area contributed by atoms with Crippen LogP contribution in [0.1, 0.15) is 44.9 Å². The van der Waals surface area contributed by atoms with Crippen molar-refractivity contribution < 1.29 is 22.8 Å². The van der Waals surface area contributed by atoms with Gasteiger partial charge >= 0.3 is 0 Å². The Morgan fingerprint density at radius 2 is 1.59 bits per heavy atom. The first kappa shape index (κ1) is 21.7. The molecule has 9 heteroatoms. The van der Waals surface area contributed by atoms with Gasteiger partial charge in [0.15, 0.2) is 17.5 Å². The highest BCUT2D eigenvalue weighted by Crippen LogP contribution is 2.20. The summed E-state index contributed by atoms with van der Waals surface area (Å²) in [5, 5.41) is 2.94. The number of fused-ring (bicyclic) bond motifs is 1. The highest BCUT2D eigenvalue weighted by molar-refractivity contribution is 5.97. The maximum Gasteiger partial charge on any atom is 0.256 e. The van der Waals surface area contributed by atoms with Crippen LogP contribution >= 0.6 is 0 Å². The van der Waals surface area contributed by atoms with E-state index in [1.54, 1.807) is 18.2 Å². The molecule has 2 aromatic carbocycles. The zero-order chi connectivity index (χ0) is 23.0. The van der Waals surface area contributed by atoms with Crippen LogP contribution in [0.15, 0.2) is 30.3 Å². The van der Waals surface area contributed by atoms with Crippen molar-refractivity contribution in [3.8, 4) is 0 Å². The lowest BCUT2D eigenvalue weighted by atomic mass is 10.0. The van der Waals surface area contributed by atoms with Gasteiger partial charge in [0.2, 0.25) is 0 Å². The van der Waals surface area contributed by atoms with E-state index in [1.165, 1.54) is 4.90 Å². The largest absolute Gasteiger partial charge is 0.349 e. The number of piperidine rings is 1. The van der Waals surface area contributed by atoms with Gasteiger partial charge in [0.1, 0.15) is 0 Å². The number of hydrogen-bond donors (Lipinski definition) is 1. The zero-order valence-corrected chi connectivity index (χ0v) is 17.6. The molecule has 1 aliphatic rings. The Morgan fingerprint density at radius 3 is 2.28 bits per heavy atom. The Balaban J connectivity index is 1.39. The van der Waals surface area contributed by atoms with Gasteiger partial charge in [-0.1, -0.05) is 0 Å². The molecule has 0 radical (unpaired) electrons. The molecule has 0 spiro atoms. The molecule has 0 bridgehead atoms. The molecule has 166 valence electrons. The third-order valence-corrected chi connectivity index (χ3v) is 5.72. The Labute approximate surface area is 182 Å². The van der Waals surface area contributed by atoms with Crippen LogP contribution in [0, 0.1) is 31.3 Å². The lowest BCUT2D eigenvalue weighted by Crippen LogP contribution is -2.46. The second kappa shape index (κ2) is 8.57. The minimum absolute atomic E-state index is 0.178. The Bertz CT molecular complexity index is 1220. The molecule has 6 nitrogen and oxygen atoms in total. The second-order valence-electron chi connectivity index (χ2n) is 7.86. The first-order chi connectivity index (χ1) is 15.2. The molecule has 0 aliphatic carbocycles. The molecular formula is C23H21F3N4O2. The van der Waals surface area contributed by atoms with Gasteiger partial charge in [-0.2, -0.15) is 0 Å². The molecule has 2 amide bonds. The van der Waals surface area contributed by atoms with Gasteiger partial charge in [0.25, 0.3) is 11.8 Å². The van der Waals surface area contributed by atoms with E-state index in [2.05, 4.69) is 15.3 Å². The summed E-state index contributed by atoms with van der Waals surface area (Å²) in [6.45, 7) is 4.24. The molecule has 4 rings (SSSR count). The van der Waals surface area contributed by atoms with Crippen molar-refractivity contribution in [2.45, 2.75) is 32.7 Å². The number of benzene rings is 2. The molecule has 1 N–H and O–H groups in total. The number of likely N-dealkylation sites (tertiary alicyclic amines) is 1. The predicted molar refractivity (Wildman–Crippen MR) is 112 cm³/mol. The highest BCUT2D eigenvalue weighted by Gasteiger charge is 2.28. The first-order valence-electron chi connectivity index (χ1n) is 10.2. The predicted octanol–water partition coefficient (Wildman–Crippen LogP) is 3.70. The Kier molecular flexibility index (Phi) is 5.82. The number of aromatic nitrogens is 2. The average molecular weight is 442 g/mol. The average Bonchev–Trinajstić information content (AvgIpc) is 2.78. The number of nitrogens with one attached hydrogen (secondary N) is 1. The van der Waals surface area contributed by atoms with Crippen LogP contribution in [0.3, 0.4) is 0 Å². The monoisotopic (exact) mass is 442 g/mol. The van der Waals surface area contributed by atoms with Gasteiger partial charge in [-0.3, -0.25) is 9.59 Å². The smallest absolute Gasteiger partial charge is 0.256 e. The van der Waals surface area contributed by atoms with Crippen molar-refractivity contribution in [3.63, 3.8) is 0 Å². The molecule has 1 fully saturated rings. The summed E-state index contributed by atoms with van der Waals surface area (Å²) in [6, 6.07) is 6.62. The maximum absolute atomic E-state index is 13.9. The standard InChI is InChI=1S/C23H21F3N4O2/c1-12-13(2)28-19-11-14(3-6-18(19)27-12)22(31)29-15-7-9-30(10-8-15)23(32)16-4-5-17(24)21(26)20(16)25/h3-6,11,15H,7-10H2,1-2H3,(H,29,31). The molecule has 1 aliphatic heterocycles. The normalized spacial score (nSPS) is 14.6. The summed E-state index contributed by atoms with van der Waals surface area (Å²) in [4.78, 5) is 35.5. The highest BCUT2D eigenvalue weighted by atomic mass is 19.2. The Morgan fingerprint density at radius 1 is 0.938 bits per heavy atom. The number of carbonyl (C=O) groups excluding carboxylic acids is 2. The SMILES string of the molecule is Cc1nc2ccc(C(=O)NC3CCN(C(=O)c4ccc(F)c(F)c4F)CC3)cc2nc1C. The fraction of sp³-hybridized carbons (Fsp3) is 0.304. The van der Waals surface area contributed by atoms with E-state index in [9.17, 15) is 22.8 Å². The fourth-order valence-corrected chi connectivity index (χ4v) is 3.73. The summed E-state index contributed by atoms with van der Waals surface area (Å²) in [5.41, 5.74) is 2.92. The molecule has 0 unspecified atom stereocenters. The third kappa shape index (κ3) is 4.15. The van der Waals surface area contributed by atoms with Gasteiger partial charge in [-0.25, -0.2) is 23.1 Å². The van der Waals surface area contributed by atoms with Crippen LogP contribution in [0.5, 0.6) is 0 Å². The number of rotatable bonds is 3. The van der Waals surface area contributed by atoms with Crippen LogP contribution in [-0.2, 0) is 0 Å². The minimum Gasteiger partial charge on any atom is -0.349 e. The molecular weight excluding hydrogens is 421 g/mol. The Hall–Kier alpha value is -3.49. The summed E-state index contributed by atoms with van der Waals surface area (Å²) in [7, 11) is 0. The summed E-state index contributed by atoms with van der Waals surface area (Å²) >= 11 is 0. The lowest BCUT2D eigenvalue weighted by molar-refractivity contribution is 0.0692. The van der Waals surface area contributed by atoms with Crippen molar-refractivity contribution in [1.82, 2.24) is 20.2 Å². The molecule has 32 heavy (non-hydrogen) atoms. The number of amides is 2. The molecule has 1 aromatic heterocycles. The fourth-order valence-electron chi connectivity index (χ4n) is 3.73. The van der Waals surface area contributed by atoms with Crippen molar-refractivity contribution in [2.24, 2.45) is 0 Å². The molecule has 0 atom stereocenters. The molecule has 2 heterocycles. The van der Waals surface area contributed by atoms with Crippen LogP contribution in [-0.4, -0.2) is 45.8 Å². The first-order valence-corrected chi connectivity index (χ1v) is 10.2. The van der Waals surface area contributed by atoms with Gasteiger partial charge in [-0.15, -0.1) is 0 Å². The van der Waals surface area contributed by atoms with E-state index in [0.29, 0.717) is 29.4 Å². The second-order valence-corrected chi connectivity index (χ2v) is 7.86. The third-order valence-electron chi connectivity index (χ3n) is 5.72. The maximum atomic E-state index is 13.9. The van der Waals surface area contributed by atoms with Gasteiger partial charge < -0.3 is 10.2 Å². The molecule has 3 aromatic rings. The van der Waals surface area contributed by atoms with Crippen molar-refractivity contribution in [1.29, 1.82) is 0 Å². The topological polar surface area (TPSA) is 75.2 Å². The quantitative estimate of drug-likeness (QED) is 0.628. The number of hydrogen-bond acceptors (Lipinski definition) is 4.